The van der Waals surface area contributed by atoms with E-state index in [9.17, 15) is 4.39 Å². The van der Waals surface area contributed by atoms with E-state index in [-0.39, 0.29) is 12.4 Å². The van der Waals surface area contributed by atoms with Crippen molar-refractivity contribution in [3.05, 3.63) is 46.2 Å². The fraction of sp³-hybridized carbons (Fsp3) is 0.267. The summed E-state index contributed by atoms with van der Waals surface area (Å²) in [5.41, 5.74) is 2.67. The summed E-state index contributed by atoms with van der Waals surface area (Å²) in [5.74, 6) is 6.16. The van der Waals surface area contributed by atoms with Crippen LogP contribution in [0.15, 0.2) is 27.9 Å². The molecule has 0 radical (unpaired) electrons. The molecule has 0 amide bonds. The molecular weight excluding hydrogens is 293 g/mol. The van der Waals surface area contributed by atoms with Crippen molar-refractivity contribution in [1.29, 1.82) is 0 Å². The summed E-state index contributed by atoms with van der Waals surface area (Å²) < 4.78 is 14.3. The van der Waals surface area contributed by atoms with Crippen LogP contribution in [0, 0.1) is 24.6 Å². The van der Waals surface area contributed by atoms with E-state index in [1.807, 2.05) is 12.3 Å². The molecule has 0 unspecified atom stereocenters. The van der Waals surface area contributed by atoms with Gasteiger partial charge < -0.3 is 5.11 Å². The van der Waals surface area contributed by atoms with Crippen LogP contribution in [0.2, 0.25) is 0 Å². The fourth-order valence-electron chi connectivity index (χ4n) is 1.54. The maximum absolute atomic E-state index is 13.3. The molecule has 0 atom stereocenters. The lowest BCUT2D eigenvalue weighted by atomic mass is 10.1. The summed E-state index contributed by atoms with van der Waals surface area (Å²) in [6.07, 6.45) is 0.398. The zero-order chi connectivity index (χ0) is 14.4. The van der Waals surface area contributed by atoms with Crippen LogP contribution >= 0.6 is 23.1 Å². The van der Waals surface area contributed by atoms with Gasteiger partial charge >= 0.3 is 0 Å². The molecule has 1 aromatic heterocycles. The molecule has 1 heterocycles. The highest BCUT2D eigenvalue weighted by Gasteiger charge is 2.05. The number of benzene rings is 1. The average Bonchev–Trinajstić information content (AvgIpc) is 2.84. The Morgan fingerprint density at radius 3 is 3.00 bits per heavy atom. The van der Waals surface area contributed by atoms with E-state index < -0.39 is 0 Å². The standard InChI is InChI=1S/C15H14FNOS2/c1-11-9-19-15(17-11)20-10-13-5-6-14(16)8-12(13)4-2-3-7-18/h5-6,8-9,18H,3,7,10H2,1H3. The lowest BCUT2D eigenvalue weighted by Gasteiger charge is -2.03. The number of thioether (sulfide) groups is 1. The van der Waals surface area contributed by atoms with Crippen LogP contribution in [-0.2, 0) is 5.75 Å². The summed E-state index contributed by atoms with van der Waals surface area (Å²) >= 11 is 3.23. The highest BCUT2D eigenvalue weighted by molar-refractivity contribution is 8.00. The van der Waals surface area contributed by atoms with Crippen LogP contribution in [0.25, 0.3) is 0 Å². The Balaban J connectivity index is 2.12. The van der Waals surface area contributed by atoms with Crippen LogP contribution in [0.1, 0.15) is 23.2 Å². The SMILES string of the molecule is Cc1csc(SCc2ccc(F)cc2C#CCCO)n1. The molecule has 2 nitrogen and oxygen atoms in total. The first-order valence-electron chi connectivity index (χ1n) is 6.12. The Kier molecular flexibility index (Phi) is 5.60. The zero-order valence-electron chi connectivity index (χ0n) is 11.0. The van der Waals surface area contributed by atoms with Gasteiger partial charge in [0.15, 0.2) is 0 Å². The minimum atomic E-state index is -0.294. The number of aromatic nitrogens is 1. The van der Waals surface area contributed by atoms with Crippen LogP contribution in [0.4, 0.5) is 4.39 Å². The van der Waals surface area contributed by atoms with Gasteiger partial charge in [-0.05, 0) is 24.6 Å². The van der Waals surface area contributed by atoms with E-state index in [0.29, 0.717) is 17.7 Å². The third-order valence-corrected chi connectivity index (χ3v) is 4.67. The second-order valence-electron chi connectivity index (χ2n) is 4.12. The molecule has 0 aliphatic carbocycles. The molecule has 1 aromatic carbocycles. The molecule has 0 aliphatic heterocycles. The smallest absolute Gasteiger partial charge is 0.150 e. The molecule has 5 heteroatoms. The van der Waals surface area contributed by atoms with Gasteiger partial charge in [0.25, 0.3) is 0 Å². The summed E-state index contributed by atoms with van der Waals surface area (Å²) in [5, 5.41) is 10.7. The van der Waals surface area contributed by atoms with E-state index in [1.54, 1.807) is 29.2 Å². The number of aryl methyl sites for hydroxylation is 1. The van der Waals surface area contributed by atoms with Gasteiger partial charge in [-0.3, -0.25) is 0 Å². The number of rotatable bonds is 4. The molecule has 0 fully saturated rings. The van der Waals surface area contributed by atoms with E-state index in [4.69, 9.17) is 5.11 Å². The quantitative estimate of drug-likeness (QED) is 0.692. The number of aliphatic hydroxyl groups excluding tert-OH is 1. The van der Waals surface area contributed by atoms with Crippen molar-refractivity contribution >= 4 is 23.1 Å². The van der Waals surface area contributed by atoms with Gasteiger partial charge in [0.2, 0.25) is 0 Å². The number of halogens is 1. The molecule has 0 bridgehead atoms. The zero-order valence-corrected chi connectivity index (χ0v) is 12.7. The molecule has 0 saturated carbocycles. The third kappa shape index (κ3) is 4.34. The van der Waals surface area contributed by atoms with Gasteiger partial charge in [-0.15, -0.1) is 11.3 Å². The highest BCUT2D eigenvalue weighted by atomic mass is 32.2. The minimum absolute atomic E-state index is 0.0186. The lowest BCUT2D eigenvalue weighted by molar-refractivity contribution is 0.305. The van der Waals surface area contributed by atoms with Gasteiger partial charge in [-0.2, -0.15) is 0 Å². The number of hydrogen-bond donors (Lipinski definition) is 1. The van der Waals surface area contributed by atoms with Crippen molar-refractivity contribution in [3.63, 3.8) is 0 Å². The summed E-state index contributed by atoms with van der Waals surface area (Å²) in [4.78, 5) is 4.39. The lowest BCUT2D eigenvalue weighted by Crippen LogP contribution is -1.90. The topological polar surface area (TPSA) is 33.1 Å². The number of thiazole rings is 1. The van der Waals surface area contributed by atoms with E-state index in [1.165, 1.54) is 12.1 Å². The van der Waals surface area contributed by atoms with E-state index >= 15 is 0 Å². The monoisotopic (exact) mass is 307 g/mol. The van der Waals surface area contributed by atoms with E-state index in [0.717, 1.165) is 15.6 Å². The van der Waals surface area contributed by atoms with Gasteiger partial charge in [0.1, 0.15) is 10.2 Å². The predicted molar refractivity (Wildman–Crippen MR) is 81.4 cm³/mol. The molecule has 2 aromatic rings. The van der Waals surface area contributed by atoms with Crippen molar-refractivity contribution in [1.82, 2.24) is 4.98 Å². The molecular formula is C15H14FNOS2. The first-order valence-corrected chi connectivity index (χ1v) is 7.98. The third-order valence-electron chi connectivity index (χ3n) is 2.48. The summed E-state index contributed by atoms with van der Waals surface area (Å²) in [6.45, 7) is 1.98. The molecule has 1 N–H and O–H groups in total. The Morgan fingerprint density at radius 2 is 2.30 bits per heavy atom. The molecule has 20 heavy (non-hydrogen) atoms. The number of hydrogen-bond acceptors (Lipinski definition) is 4. The molecule has 104 valence electrons. The Bertz CT molecular complexity index is 643. The predicted octanol–water partition coefficient (Wildman–Crippen LogP) is 3.62. The molecule has 0 spiro atoms. The van der Waals surface area contributed by atoms with Crippen molar-refractivity contribution in [2.45, 2.75) is 23.4 Å². The second kappa shape index (κ2) is 7.44. The maximum Gasteiger partial charge on any atom is 0.150 e. The van der Waals surface area contributed by atoms with Gasteiger partial charge in [-0.25, -0.2) is 9.37 Å². The number of aliphatic hydroxyl groups is 1. The largest absolute Gasteiger partial charge is 0.395 e. The Labute approximate surface area is 126 Å². The van der Waals surface area contributed by atoms with Crippen LogP contribution in [-0.4, -0.2) is 16.7 Å². The van der Waals surface area contributed by atoms with Crippen LogP contribution in [0.5, 0.6) is 0 Å². The van der Waals surface area contributed by atoms with Crippen molar-refractivity contribution < 1.29 is 9.50 Å². The van der Waals surface area contributed by atoms with Crippen molar-refractivity contribution in [3.8, 4) is 11.8 Å². The average molecular weight is 307 g/mol. The highest BCUT2D eigenvalue weighted by Crippen LogP contribution is 2.27. The number of nitrogens with zero attached hydrogens (tertiary/aromatic N) is 1. The summed E-state index contributed by atoms with van der Waals surface area (Å²) in [6, 6.07) is 4.64. The van der Waals surface area contributed by atoms with Gasteiger partial charge in [0, 0.05) is 28.8 Å². The summed E-state index contributed by atoms with van der Waals surface area (Å²) in [7, 11) is 0. The normalized spacial score (nSPS) is 10.2. The minimum Gasteiger partial charge on any atom is -0.395 e. The van der Waals surface area contributed by atoms with Crippen LogP contribution < -0.4 is 0 Å². The van der Waals surface area contributed by atoms with Crippen LogP contribution in [0.3, 0.4) is 0 Å². The van der Waals surface area contributed by atoms with E-state index in [2.05, 4.69) is 16.8 Å². The van der Waals surface area contributed by atoms with Crippen molar-refractivity contribution in [2.75, 3.05) is 6.61 Å². The maximum atomic E-state index is 13.3. The fourth-order valence-corrected chi connectivity index (χ4v) is 3.40. The first-order chi connectivity index (χ1) is 9.69. The Hall–Kier alpha value is -1.35. The molecule has 0 saturated heterocycles. The molecule has 0 aliphatic rings. The molecule has 2 rings (SSSR count). The first kappa shape index (κ1) is 15.0. The van der Waals surface area contributed by atoms with Gasteiger partial charge in [0.05, 0.1) is 6.61 Å². The Morgan fingerprint density at radius 1 is 1.45 bits per heavy atom. The van der Waals surface area contributed by atoms with Crippen molar-refractivity contribution in [2.24, 2.45) is 0 Å². The second-order valence-corrected chi connectivity index (χ2v) is 6.20. The van der Waals surface area contributed by atoms with Gasteiger partial charge in [-0.1, -0.05) is 29.7 Å².